The Morgan fingerprint density at radius 1 is 1.39 bits per heavy atom. The van der Waals surface area contributed by atoms with Crippen LogP contribution in [0, 0.1) is 0 Å². The molecular formula is C13H17Cl2NO2. The molecule has 3 unspecified atom stereocenters. The third-order valence-electron chi connectivity index (χ3n) is 3.04. The summed E-state index contributed by atoms with van der Waals surface area (Å²) in [6.45, 7) is 3.42. The van der Waals surface area contributed by atoms with Gasteiger partial charge < -0.3 is 15.2 Å². The number of aliphatic hydroxyl groups excluding tert-OH is 1. The Hall–Kier alpha value is -0.320. The number of ether oxygens (including phenoxy) is 1. The number of morpholine rings is 1. The molecule has 2 N–H and O–H groups in total. The van der Waals surface area contributed by atoms with Crippen molar-refractivity contribution in [3.05, 3.63) is 33.8 Å². The molecule has 3 atom stereocenters. The topological polar surface area (TPSA) is 41.5 Å². The van der Waals surface area contributed by atoms with Crippen LogP contribution in [0.5, 0.6) is 0 Å². The molecule has 3 nitrogen and oxygen atoms in total. The van der Waals surface area contributed by atoms with E-state index in [2.05, 4.69) is 12.2 Å². The standard InChI is InChI=1S/C13H17Cl2NO2/c1-8-6-18-7-10(16-8)5-13(17)9-2-3-11(14)12(15)4-9/h2-4,8,10,13,16-17H,5-7H2,1H3. The molecule has 1 saturated heterocycles. The Morgan fingerprint density at radius 2 is 2.17 bits per heavy atom. The van der Waals surface area contributed by atoms with E-state index in [1.807, 2.05) is 0 Å². The zero-order chi connectivity index (χ0) is 13.1. The van der Waals surface area contributed by atoms with Gasteiger partial charge in [-0.05, 0) is 31.0 Å². The molecule has 0 radical (unpaired) electrons. The average Bonchev–Trinajstić information content (AvgIpc) is 2.32. The molecule has 0 spiro atoms. The number of hydrogen-bond donors (Lipinski definition) is 2. The van der Waals surface area contributed by atoms with Crippen molar-refractivity contribution in [2.45, 2.75) is 31.5 Å². The Morgan fingerprint density at radius 3 is 2.83 bits per heavy atom. The molecular weight excluding hydrogens is 273 g/mol. The smallest absolute Gasteiger partial charge is 0.0806 e. The van der Waals surface area contributed by atoms with Gasteiger partial charge in [-0.1, -0.05) is 29.3 Å². The predicted molar refractivity (Wildman–Crippen MR) is 73.2 cm³/mol. The summed E-state index contributed by atoms with van der Waals surface area (Å²) in [4.78, 5) is 0. The first-order valence-electron chi connectivity index (χ1n) is 6.03. The first-order valence-corrected chi connectivity index (χ1v) is 6.78. The van der Waals surface area contributed by atoms with E-state index in [0.29, 0.717) is 29.1 Å². The van der Waals surface area contributed by atoms with E-state index in [0.717, 1.165) is 12.2 Å². The average molecular weight is 290 g/mol. The fourth-order valence-electron chi connectivity index (χ4n) is 2.15. The lowest BCUT2D eigenvalue weighted by Gasteiger charge is -2.30. The number of benzene rings is 1. The summed E-state index contributed by atoms with van der Waals surface area (Å²) in [7, 11) is 0. The third-order valence-corrected chi connectivity index (χ3v) is 3.78. The van der Waals surface area contributed by atoms with E-state index < -0.39 is 6.10 Å². The second kappa shape index (κ2) is 6.22. The van der Waals surface area contributed by atoms with Gasteiger partial charge in [-0.15, -0.1) is 0 Å². The van der Waals surface area contributed by atoms with Gasteiger partial charge in [0, 0.05) is 12.1 Å². The summed E-state index contributed by atoms with van der Waals surface area (Å²) < 4.78 is 5.45. The predicted octanol–water partition coefficient (Wildman–Crippen LogP) is 2.79. The number of aliphatic hydroxyl groups is 1. The highest BCUT2D eigenvalue weighted by Crippen LogP contribution is 2.27. The molecule has 18 heavy (non-hydrogen) atoms. The van der Waals surface area contributed by atoms with E-state index in [-0.39, 0.29) is 6.04 Å². The van der Waals surface area contributed by atoms with Crippen LogP contribution in [-0.2, 0) is 4.74 Å². The molecule has 0 aromatic heterocycles. The van der Waals surface area contributed by atoms with Gasteiger partial charge in [-0.25, -0.2) is 0 Å². The quantitative estimate of drug-likeness (QED) is 0.899. The van der Waals surface area contributed by atoms with Gasteiger partial charge >= 0.3 is 0 Å². The highest BCUT2D eigenvalue weighted by atomic mass is 35.5. The number of halogens is 2. The highest BCUT2D eigenvalue weighted by Gasteiger charge is 2.22. The van der Waals surface area contributed by atoms with Crippen molar-refractivity contribution in [3.63, 3.8) is 0 Å². The molecule has 0 bridgehead atoms. The summed E-state index contributed by atoms with van der Waals surface area (Å²) in [5, 5.41) is 14.5. The first kappa shape index (κ1) is 14.1. The van der Waals surface area contributed by atoms with Crippen molar-refractivity contribution in [1.82, 2.24) is 5.32 Å². The van der Waals surface area contributed by atoms with Gasteiger partial charge in [0.15, 0.2) is 0 Å². The maximum absolute atomic E-state index is 10.2. The van der Waals surface area contributed by atoms with Crippen LogP contribution in [0.4, 0.5) is 0 Å². The van der Waals surface area contributed by atoms with E-state index >= 15 is 0 Å². The summed E-state index contributed by atoms with van der Waals surface area (Å²) >= 11 is 11.8. The van der Waals surface area contributed by atoms with Crippen LogP contribution in [0.15, 0.2) is 18.2 Å². The molecule has 1 aromatic rings. The maximum Gasteiger partial charge on any atom is 0.0806 e. The van der Waals surface area contributed by atoms with Gasteiger partial charge in [0.1, 0.15) is 0 Å². The second-order valence-corrected chi connectivity index (χ2v) is 5.54. The third kappa shape index (κ3) is 3.59. The summed E-state index contributed by atoms with van der Waals surface area (Å²) in [5.41, 5.74) is 0.782. The minimum absolute atomic E-state index is 0.165. The van der Waals surface area contributed by atoms with E-state index in [1.165, 1.54) is 0 Å². The lowest BCUT2D eigenvalue weighted by atomic mass is 10.0. The fourth-order valence-corrected chi connectivity index (χ4v) is 2.45. The zero-order valence-electron chi connectivity index (χ0n) is 10.2. The number of hydrogen-bond acceptors (Lipinski definition) is 3. The van der Waals surface area contributed by atoms with Gasteiger partial charge in [0.25, 0.3) is 0 Å². The van der Waals surface area contributed by atoms with Crippen molar-refractivity contribution >= 4 is 23.2 Å². The molecule has 0 saturated carbocycles. The van der Waals surface area contributed by atoms with Crippen LogP contribution >= 0.6 is 23.2 Å². The number of rotatable bonds is 3. The van der Waals surface area contributed by atoms with Crippen molar-refractivity contribution < 1.29 is 9.84 Å². The molecule has 100 valence electrons. The number of nitrogens with one attached hydrogen (secondary N) is 1. The molecule has 1 fully saturated rings. The molecule has 1 aromatic carbocycles. The van der Waals surface area contributed by atoms with Gasteiger partial charge in [0.2, 0.25) is 0 Å². The summed E-state index contributed by atoms with van der Waals surface area (Å²) in [6.07, 6.45) is 0.0358. The molecule has 2 rings (SSSR count). The largest absolute Gasteiger partial charge is 0.388 e. The van der Waals surface area contributed by atoms with Crippen LogP contribution in [-0.4, -0.2) is 30.4 Å². The van der Waals surface area contributed by atoms with Crippen LogP contribution in [0.1, 0.15) is 25.0 Å². The van der Waals surface area contributed by atoms with Gasteiger partial charge in [-0.3, -0.25) is 0 Å². The van der Waals surface area contributed by atoms with Crippen LogP contribution in [0.2, 0.25) is 10.0 Å². The van der Waals surface area contributed by atoms with E-state index in [1.54, 1.807) is 18.2 Å². The molecule has 1 aliphatic heterocycles. The van der Waals surface area contributed by atoms with Crippen molar-refractivity contribution in [2.75, 3.05) is 13.2 Å². The van der Waals surface area contributed by atoms with Gasteiger partial charge in [-0.2, -0.15) is 0 Å². The molecule has 1 aliphatic rings. The molecule has 5 heteroatoms. The van der Waals surface area contributed by atoms with Crippen LogP contribution < -0.4 is 5.32 Å². The Kier molecular flexibility index (Phi) is 4.87. The Balaban J connectivity index is 1.98. The minimum atomic E-state index is -0.564. The molecule has 0 amide bonds. The Bertz CT molecular complexity index is 414. The van der Waals surface area contributed by atoms with E-state index in [9.17, 15) is 5.11 Å². The van der Waals surface area contributed by atoms with E-state index in [4.69, 9.17) is 27.9 Å². The fraction of sp³-hybridized carbons (Fsp3) is 0.538. The zero-order valence-corrected chi connectivity index (χ0v) is 11.7. The monoisotopic (exact) mass is 289 g/mol. The first-order chi connectivity index (χ1) is 8.56. The van der Waals surface area contributed by atoms with Crippen LogP contribution in [0.25, 0.3) is 0 Å². The highest BCUT2D eigenvalue weighted by molar-refractivity contribution is 6.42. The second-order valence-electron chi connectivity index (χ2n) is 4.73. The van der Waals surface area contributed by atoms with Crippen molar-refractivity contribution in [3.8, 4) is 0 Å². The summed E-state index contributed by atoms with van der Waals surface area (Å²) in [6, 6.07) is 5.70. The van der Waals surface area contributed by atoms with Crippen molar-refractivity contribution in [2.24, 2.45) is 0 Å². The van der Waals surface area contributed by atoms with Crippen molar-refractivity contribution in [1.29, 1.82) is 0 Å². The minimum Gasteiger partial charge on any atom is -0.388 e. The lowest BCUT2D eigenvalue weighted by Crippen LogP contribution is -2.47. The Labute approximate surface area is 117 Å². The lowest BCUT2D eigenvalue weighted by molar-refractivity contribution is 0.0304. The molecule has 1 heterocycles. The SMILES string of the molecule is CC1COCC(CC(O)c2ccc(Cl)c(Cl)c2)N1. The van der Waals surface area contributed by atoms with Gasteiger partial charge in [0.05, 0.1) is 29.4 Å². The normalized spacial score (nSPS) is 26.0. The molecule has 0 aliphatic carbocycles. The van der Waals surface area contributed by atoms with Crippen LogP contribution in [0.3, 0.4) is 0 Å². The summed E-state index contributed by atoms with van der Waals surface area (Å²) in [5.74, 6) is 0. The maximum atomic E-state index is 10.2.